The molecule has 1 N–H and O–H groups in total. The summed E-state index contributed by atoms with van der Waals surface area (Å²) in [5.74, 6) is 1.08. The number of thiophene rings is 1. The summed E-state index contributed by atoms with van der Waals surface area (Å²) in [6.07, 6.45) is 3.00. The second-order valence-electron chi connectivity index (χ2n) is 5.73. The summed E-state index contributed by atoms with van der Waals surface area (Å²) >= 11 is 1.89. The number of fused-ring (bicyclic) bond motifs is 1. The van der Waals surface area contributed by atoms with Crippen LogP contribution in [0.1, 0.15) is 35.6 Å². The molecule has 0 bridgehead atoms. The van der Waals surface area contributed by atoms with Gasteiger partial charge in [-0.1, -0.05) is 13.8 Å². The maximum Gasteiger partial charge on any atom is 0.122 e. The first kappa shape index (κ1) is 13.9. The molecule has 2 aromatic rings. The Morgan fingerprint density at radius 2 is 2.30 bits per heavy atom. The predicted molar refractivity (Wildman–Crippen MR) is 82.8 cm³/mol. The van der Waals surface area contributed by atoms with Gasteiger partial charge in [0.25, 0.3) is 0 Å². The van der Waals surface area contributed by atoms with Crippen molar-refractivity contribution in [1.82, 2.24) is 10.2 Å². The summed E-state index contributed by atoms with van der Waals surface area (Å²) in [5, 5.41) is 5.64. The number of hydrogen-bond acceptors (Lipinski definition) is 4. The Labute approximate surface area is 124 Å². The summed E-state index contributed by atoms with van der Waals surface area (Å²) in [6, 6.07) is 4.86. The molecule has 3 rings (SSSR count). The molecule has 0 amide bonds. The van der Waals surface area contributed by atoms with Gasteiger partial charge in [0.15, 0.2) is 0 Å². The molecule has 0 aliphatic carbocycles. The molecule has 0 fully saturated rings. The number of furan rings is 1. The molecule has 0 unspecified atom stereocenters. The number of nitrogens with zero attached hydrogens (tertiary/aromatic N) is 1. The van der Waals surface area contributed by atoms with E-state index in [1.165, 1.54) is 17.5 Å². The lowest BCUT2D eigenvalue weighted by Crippen LogP contribution is -2.29. The second-order valence-corrected chi connectivity index (χ2v) is 6.73. The first-order valence-electron chi connectivity index (χ1n) is 7.28. The third-order valence-corrected chi connectivity index (χ3v) is 4.81. The minimum Gasteiger partial charge on any atom is -0.468 e. The summed E-state index contributed by atoms with van der Waals surface area (Å²) in [7, 11) is 0. The lowest BCUT2D eigenvalue weighted by Gasteiger charge is -2.26. The fourth-order valence-electron chi connectivity index (χ4n) is 2.64. The number of nitrogens with one attached hydrogen (secondary N) is 1. The molecule has 3 nitrogen and oxygen atoms in total. The molecule has 108 valence electrons. The molecule has 0 aromatic carbocycles. The largest absolute Gasteiger partial charge is 0.468 e. The first-order chi connectivity index (χ1) is 9.72. The van der Waals surface area contributed by atoms with Crippen LogP contribution in [0, 0.1) is 0 Å². The monoisotopic (exact) mass is 290 g/mol. The van der Waals surface area contributed by atoms with Gasteiger partial charge < -0.3 is 9.73 Å². The normalized spacial score (nSPS) is 15.8. The third kappa shape index (κ3) is 3.14. The van der Waals surface area contributed by atoms with Crippen molar-refractivity contribution in [3.63, 3.8) is 0 Å². The van der Waals surface area contributed by atoms with E-state index in [-0.39, 0.29) is 0 Å². The van der Waals surface area contributed by atoms with Crippen molar-refractivity contribution in [3.05, 3.63) is 45.5 Å². The number of rotatable bonds is 5. The Balaban J connectivity index is 1.63. The van der Waals surface area contributed by atoms with Crippen LogP contribution in [0.3, 0.4) is 0 Å². The highest BCUT2D eigenvalue weighted by atomic mass is 32.1. The summed E-state index contributed by atoms with van der Waals surface area (Å²) in [4.78, 5) is 4.08. The van der Waals surface area contributed by atoms with Crippen LogP contribution in [0.2, 0.25) is 0 Å². The Morgan fingerprint density at radius 3 is 3.15 bits per heavy atom. The van der Waals surface area contributed by atoms with Gasteiger partial charge in [-0.3, -0.25) is 4.90 Å². The van der Waals surface area contributed by atoms with Crippen LogP contribution in [-0.4, -0.2) is 17.5 Å². The van der Waals surface area contributed by atoms with Crippen molar-refractivity contribution in [2.24, 2.45) is 0 Å². The van der Waals surface area contributed by atoms with Gasteiger partial charge in [0.05, 0.1) is 12.8 Å². The molecular formula is C16H22N2OS. The minimum atomic E-state index is 0.483. The van der Waals surface area contributed by atoms with E-state index < -0.39 is 0 Å². The fourth-order valence-corrected chi connectivity index (χ4v) is 3.53. The predicted octanol–water partition coefficient (Wildman–Crippen LogP) is 3.40. The molecule has 0 saturated carbocycles. The van der Waals surface area contributed by atoms with Gasteiger partial charge in [0, 0.05) is 36.1 Å². The molecule has 0 spiro atoms. The molecular weight excluding hydrogens is 268 g/mol. The van der Waals surface area contributed by atoms with Gasteiger partial charge in [-0.2, -0.15) is 0 Å². The quantitative estimate of drug-likeness (QED) is 0.915. The van der Waals surface area contributed by atoms with Crippen LogP contribution < -0.4 is 5.32 Å². The Hall–Kier alpha value is -1.10. The highest BCUT2D eigenvalue weighted by Crippen LogP contribution is 2.25. The van der Waals surface area contributed by atoms with E-state index in [1.807, 2.05) is 17.6 Å². The van der Waals surface area contributed by atoms with Crippen LogP contribution >= 0.6 is 11.3 Å². The average Bonchev–Trinajstić information content (AvgIpc) is 3.04. The van der Waals surface area contributed by atoms with Gasteiger partial charge >= 0.3 is 0 Å². The highest BCUT2D eigenvalue weighted by molar-refractivity contribution is 7.10. The summed E-state index contributed by atoms with van der Waals surface area (Å²) in [6.45, 7) is 8.34. The summed E-state index contributed by atoms with van der Waals surface area (Å²) in [5.41, 5.74) is 2.82. The molecule has 2 aromatic heterocycles. The van der Waals surface area contributed by atoms with E-state index in [9.17, 15) is 0 Å². The lowest BCUT2D eigenvalue weighted by atomic mass is 10.1. The third-order valence-electron chi connectivity index (χ3n) is 3.79. The Morgan fingerprint density at radius 1 is 1.40 bits per heavy atom. The highest BCUT2D eigenvalue weighted by Gasteiger charge is 2.19. The SMILES string of the molecule is CC(C)NCc1occc1CN1CCc2sccc2C1. The van der Waals surface area contributed by atoms with E-state index >= 15 is 0 Å². The molecule has 1 aliphatic rings. The van der Waals surface area contributed by atoms with Crippen LogP contribution in [-0.2, 0) is 26.1 Å². The molecule has 0 atom stereocenters. The second kappa shape index (κ2) is 6.12. The van der Waals surface area contributed by atoms with Gasteiger partial charge in [0.2, 0.25) is 0 Å². The lowest BCUT2D eigenvalue weighted by molar-refractivity contribution is 0.245. The van der Waals surface area contributed by atoms with Gasteiger partial charge in [-0.25, -0.2) is 0 Å². The van der Waals surface area contributed by atoms with Gasteiger partial charge in [-0.15, -0.1) is 11.3 Å². The molecule has 1 aliphatic heterocycles. The van der Waals surface area contributed by atoms with Crippen molar-refractivity contribution in [2.45, 2.75) is 45.9 Å². The fraction of sp³-hybridized carbons (Fsp3) is 0.500. The summed E-state index contributed by atoms with van der Waals surface area (Å²) < 4.78 is 5.62. The van der Waals surface area contributed by atoms with E-state index in [2.05, 4.69) is 41.6 Å². The van der Waals surface area contributed by atoms with Gasteiger partial charge in [0.1, 0.15) is 5.76 Å². The van der Waals surface area contributed by atoms with Crippen molar-refractivity contribution >= 4 is 11.3 Å². The van der Waals surface area contributed by atoms with E-state index in [1.54, 1.807) is 4.88 Å². The zero-order valence-corrected chi connectivity index (χ0v) is 13.0. The maximum absolute atomic E-state index is 5.62. The Bertz CT molecular complexity index is 558. The topological polar surface area (TPSA) is 28.4 Å². The minimum absolute atomic E-state index is 0.483. The van der Waals surface area contributed by atoms with Crippen molar-refractivity contribution in [2.75, 3.05) is 6.54 Å². The molecule has 4 heteroatoms. The maximum atomic E-state index is 5.62. The van der Waals surface area contributed by atoms with Crippen LogP contribution in [0.15, 0.2) is 28.2 Å². The van der Waals surface area contributed by atoms with Gasteiger partial charge in [-0.05, 0) is 29.5 Å². The van der Waals surface area contributed by atoms with E-state index in [0.29, 0.717) is 6.04 Å². The molecule has 0 saturated heterocycles. The average molecular weight is 290 g/mol. The number of hydrogen-bond donors (Lipinski definition) is 1. The van der Waals surface area contributed by atoms with Crippen LogP contribution in [0.5, 0.6) is 0 Å². The van der Waals surface area contributed by atoms with E-state index in [0.717, 1.165) is 31.9 Å². The zero-order valence-electron chi connectivity index (χ0n) is 12.2. The van der Waals surface area contributed by atoms with Crippen molar-refractivity contribution in [1.29, 1.82) is 0 Å². The van der Waals surface area contributed by atoms with Crippen molar-refractivity contribution in [3.8, 4) is 0 Å². The zero-order chi connectivity index (χ0) is 13.9. The smallest absolute Gasteiger partial charge is 0.122 e. The Kier molecular flexibility index (Phi) is 4.24. The van der Waals surface area contributed by atoms with Crippen LogP contribution in [0.25, 0.3) is 0 Å². The standard InChI is InChI=1S/C16H22N2OS/c1-12(2)17-9-15-13(4-7-19-15)10-18-6-3-16-14(11-18)5-8-20-16/h4-5,7-8,12,17H,3,6,9-11H2,1-2H3. The first-order valence-corrected chi connectivity index (χ1v) is 8.16. The molecule has 20 heavy (non-hydrogen) atoms. The van der Waals surface area contributed by atoms with Crippen LogP contribution in [0.4, 0.5) is 0 Å². The van der Waals surface area contributed by atoms with Crippen molar-refractivity contribution < 1.29 is 4.42 Å². The van der Waals surface area contributed by atoms with E-state index in [4.69, 9.17) is 4.42 Å². The molecule has 3 heterocycles. The molecule has 0 radical (unpaired) electrons.